The number of thioether (sulfide) groups is 1. The summed E-state index contributed by atoms with van der Waals surface area (Å²) in [5, 5.41) is 11.8. The molecule has 3 rings (SSSR count). The number of carbonyl (C=O) groups excluding carboxylic acids is 1. The zero-order valence-corrected chi connectivity index (χ0v) is 12.6. The predicted molar refractivity (Wildman–Crippen MR) is 81.0 cm³/mol. The molecule has 7 heteroatoms. The normalized spacial score (nSPS) is 16.0. The minimum Gasteiger partial charge on any atom is -0.353 e. The van der Waals surface area contributed by atoms with Crippen LogP contribution in [0.25, 0.3) is 0 Å². The van der Waals surface area contributed by atoms with Crippen molar-refractivity contribution in [2.45, 2.75) is 43.3 Å². The van der Waals surface area contributed by atoms with Gasteiger partial charge in [-0.25, -0.2) is 4.68 Å². The highest BCUT2D eigenvalue weighted by molar-refractivity contribution is 7.99. The molecule has 2 aromatic heterocycles. The first-order valence-electron chi connectivity index (χ1n) is 7.29. The number of hydrogen-bond donors (Lipinski definition) is 1. The van der Waals surface area contributed by atoms with Gasteiger partial charge in [0.1, 0.15) is 6.33 Å². The summed E-state index contributed by atoms with van der Waals surface area (Å²) in [6.07, 6.45) is 11.4. The van der Waals surface area contributed by atoms with Crippen LogP contribution in [0.1, 0.15) is 32.1 Å². The Kier molecular flexibility index (Phi) is 4.59. The summed E-state index contributed by atoms with van der Waals surface area (Å²) >= 11 is 1.41. The molecule has 1 N–H and O–H groups in total. The van der Waals surface area contributed by atoms with E-state index in [1.165, 1.54) is 31.0 Å². The van der Waals surface area contributed by atoms with E-state index in [-0.39, 0.29) is 5.91 Å². The van der Waals surface area contributed by atoms with E-state index in [2.05, 4.69) is 15.5 Å². The van der Waals surface area contributed by atoms with Gasteiger partial charge in [0.25, 0.3) is 0 Å². The average Bonchev–Trinajstić information content (AvgIpc) is 3.17. The number of aromatic nitrogens is 4. The summed E-state index contributed by atoms with van der Waals surface area (Å²) in [6.45, 7) is 0. The largest absolute Gasteiger partial charge is 0.353 e. The number of hydrogen-bond acceptors (Lipinski definition) is 4. The maximum Gasteiger partial charge on any atom is 0.230 e. The molecular formula is C14H19N5OS. The standard InChI is InChI=1S/C14H19N5OS/c20-13(16-12-6-2-1-3-7-12)10-21-14-17-15-11-19(14)18-8-4-5-9-18/h4-5,8-9,11-12H,1-3,6-7,10H2,(H,16,20). The lowest BCUT2D eigenvalue weighted by molar-refractivity contribution is -0.119. The molecule has 2 aromatic rings. The monoisotopic (exact) mass is 305 g/mol. The van der Waals surface area contributed by atoms with Gasteiger partial charge < -0.3 is 5.32 Å². The highest BCUT2D eigenvalue weighted by Crippen LogP contribution is 2.18. The predicted octanol–water partition coefficient (Wildman–Crippen LogP) is 1.93. The van der Waals surface area contributed by atoms with Crippen molar-refractivity contribution < 1.29 is 4.79 Å². The van der Waals surface area contributed by atoms with Gasteiger partial charge in [0.2, 0.25) is 11.1 Å². The Balaban J connectivity index is 1.53. The topological polar surface area (TPSA) is 64.7 Å². The van der Waals surface area contributed by atoms with Gasteiger partial charge in [0, 0.05) is 18.4 Å². The molecule has 112 valence electrons. The van der Waals surface area contributed by atoms with Crippen molar-refractivity contribution in [2.75, 3.05) is 5.75 Å². The van der Waals surface area contributed by atoms with Gasteiger partial charge in [-0.3, -0.25) is 9.47 Å². The summed E-state index contributed by atoms with van der Waals surface area (Å²) in [6, 6.07) is 4.23. The molecule has 0 aliphatic heterocycles. The molecule has 21 heavy (non-hydrogen) atoms. The third kappa shape index (κ3) is 3.66. The van der Waals surface area contributed by atoms with Crippen molar-refractivity contribution in [1.29, 1.82) is 0 Å². The van der Waals surface area contributed by atoms with Crippen LogP contribution in [0.3, 0.4) is 0 Å². The maximum absolute atomic E-state index is 12.0. The number of nitrogens with zero attached hydrogens (tertiary/aromatic N) is 4. The third-order valence-corrected chi connectivity index (χ3v) is 4.57. The Morgan fingerprint density at radius 3 is 2.81 bits per heavy atom. The van der Waals surface area contributed by atoms with E-state index in [0.29, 0.717) is 17.0 Å². The number of carbonyl (C=O) groups is 1. The Hall–Kier alpha value is -1.76. The van der Waals surface area contributed by atoms with Crippen LogP contribution in [0.2, 0.25) is 0 Å². The fourth-order valence-corrected chi connectivity index (χ4v) is 3.31. The van der Waals surface area contributed by atoms with E-state index in [4.69, 9.17) is 0 Å². The first-order valence-corrected chi connectivity index (χ1v) is 8.27. The van der Waals surface area contributed by atoms with Crippen molar-refractivity contribution in [2.24, 2.45) is 0 Å². The van der Waals surface area contributed by atoms with Crippen LogP contribution in [0.4, 0.5) is 0 Å². The van der Waals surface area contributed by atoms with Gasteiger partial charge in [-0.2, -0.15) is 0 Å². The Morgan fingerprint density at radius 2 is 2.05 bits per heavy atom. The average molecular weight is 305 g/mol. The van der Waals surface area contributed by atoms with Gasteiger partial charge in [-0.15, -0.1) is 10.2 Å². The van der Waals surface area contributed by atoms with Gasteiger partial charge in [-0.05, 0) is 25.0 Å². The molecule has 6 nitrogen and oxygen atoms in total. The molecule has 1 fully saturated rings. The lowest BCUT2D eigenvalue weighted by atomic mass is 9.95. The van der Waals surface area contributed by atoms with Crippen molar-refractivity contribution >= 4 is 17.7 Å². The molecular weight excluding hydrogens is 286 g/mol. The zero-order valence-electron chi connectivity index (χ0n) is 11.8. The lowest BCUT2D eigenvalue weighted by Crippen LogP contribution is -2.37. The van der Waals surface area contributed by atoms with Crippen LogP contribution in [0.5, 0.6) is 0 Å². The van der Waals surface area contributed by atoms with Crippen LogP contribution in [-0.2, 0) is 4.79 Å². The first-order chi connectivity index (χ1) is 10.3. The quantitative estimate of drug-likeness (QED) is 0.857. The third-order valence-electron chi connectivity index (χ3n) is 3.64. The van der Waals surface area contributed by atoms with E-state index in [1.807, 2.05) is 33.9 Å². The fourth-order valence-electron chi connectivity index (χ4n) is 2.59. The Labute approximate surface area is 127 Å². The summed E-state index contributed by atoms with van der Waals surface area (Å²) in [5.74, 6) is 0.449. The highest BCUT2D eigenvalue weighted by atomic mass is 32.2. The molecule has 0 spiro atoms. The zero-order chi connectivity index (χ0) is 14.5. The van der Waals surface area contributed by atoms with Crippen molar-refractivity contribution in [3.63, 3.8) is 0 Å². The summed E-state index contributed by atoms with van der Waals surface area (Å²) in [5.41, 5.74) is 0. The molecule has 0 atom stereocenters. The first kappa shape index (κ1) is 14.2. The Morgan fingerprint density at radius 1 is 1.29 bits per heavy atom. The van der Waals surface area contributed by atoms with Crippen molar-refractivity contribution in [3.05, 3.63) is 30.9 Å². The molecule has 0 unspecified atom stereocenters. The smallest absolute Gasteiger partial charge is 0.230 e. The summed E-state index contributed by atoms with van der Waals surface area (Å²) in [7, 11) is 0. The van der Waals surface area contributed by atoms with Crippen molar-refractivity contribution in [1.82, 2.24) is 24.9 Å². The highest BCUT2D eigenvalue weighted by Gasteiger charge is 2.16. The van der Waals surface area contributed by atoms with E-state index in [9.17, 15) is 4.79 Å². The van der Waals surface area contributed by atoms with Crippen LogP contribution in [-0.4, -0.2) is 37.3 Å². The van der Waals surface area contributed by atoms with Gasteiger partial charge in [0.05, 0.1) is 5.75 Å². The van der Waals surface area contributed by atoms with Gasteiger partial charge in [-0.1, -0.05) is 31.0 Å². The molecule has 0 radical (unpaired) electrons. The summed E-state index contributed by atoms with van der Waals surface area (Å²) in [4.78, 5) is 12.0. The second kappa shape index (κ2) is 6.80. The van der Waals surface area contributed by atoms with Crippen LogP contribution in [0.15, 0.2) is 36.0 Å². The van der Waals surface area contributed by atoms with Crippen LogP contribution in [0, 0.1) is 0 Å². The fraction of sp³-hybridized carbons (Fsp3) is 0.500. The lowest BCUT2D eigenvalue weighted by Gasteiger charge is -2.22. The van der Waals surface area contributed by atoms with E-state index in [1.54, 1.807) is 6.33 Å². The number of amides is 1. The summed E-state index contributed by atoms with van der Waals surface area (Å²) < 4.78 is 3.69. The molecule has 0 aromatic carbocycles. The van der Waals surface area contributed by atoms with E-state index < -0.39 is 0 Å². The van der Waals surface area contributed by atoms with Gasteiger partial charge in [0.15, 0.2) is 0 Å². The number of rotatable bonds is 5. The Bertz CT molecular complexity index is 574. The molecule has 1 aliphatic rings. The molecule has 2 heterocycles. The van der Waals surface area contributed by atoms with Gasteiger partial charge >= 0.3 is 0 Å². The molecule has 1 amide bonds. The van der Waals surface area contributed by atoms with Crippen LogP contribution < -0.4 is 5.32 Å². The number of nitrogens with one attached hydrogen (secondary N) is 1. The molecule has 0 saturated heterocycles. The SMILES string of the molecule is O=C(CSc1nncn1-n1cccc1)NC1CCCCC1. The molecule has 1 aliphatic carbocycles. The minimum atomic E-state index is 0.0777. The molecule has 0 bridgehead atoms. The second-order valence-electron chi connectivity index (χ2n) is 5.21. The van der Waals surface area contributed by atoms with E-state index >= 15 is 0 Å². The van der Waals surface area contributed by atoms with Crippen LogP contribution >= 0.6 is 11.8 Å². The van der Waals surface area contributed by atoms with Crippen molar-refractivity contribution in [3.8, 4) is 0 Å². The van der Waals surface area contributed by atoms with E-state index in [0.717, 1.165) is 12.8 Å². The maximum atomic E-state index is 12.0. The minimum absolute atomic E-state index is 0.0777. The molecule has 1 saturated carbocycles. The second-order valence-corrected chi connectivity index (χ2v) is 6.15.